The number of hydrogen-bond donors (Lipinski definition) is 0. The molecule has 0 radical (unpaired) electrons. The molecular weight excluding hydrogens is 282 g/mol. The van der Waals surface area contributed by atoms with E-state index in [1.54, 1.807) is 0 Å². The average Bonchev–Trinajstić information content (AvgIpc) is 3.09. The summed E-state index contributed by atoms with van der Waals surface area (Å²) in [5, 5.41) is 9.04. The molecule has 112 valence electrons. The molecule has 3 nitrogen and oxygen atoms in total. The van der Waals surface area contributed by atoms with Crippen molar-refractivity contribution < 1.29 is 0 Å². The number of hydrazone groups is 1. The zero-order valence-electron chi connectivity index (χ0n) is 12.7. The fourth-order valence-corrected chi connectivity index (χ4v) is 2.75. The Morgan fingerprint density at radius 2 is 1.13 bits per heavy atom. The van der Waals surface area contributed by atoms with Gasteiger partial charge in [0.1, 0.15) is 0 Å². The van der Waals surface area contributed by atoms with Crippen molar-refractivity contribution >= 4 is 17.1 Å². The van der Waals surface area contributed by atoms with E-state index in [9.17, 15) is 0 Å². The Morgan fingerprint density at radius 1 is 0.609 bits per heavy atom. The second-order valence-corrected chi connectivity index (χ2v) is 5.43. The molecule has 0 bridgehead atoms. The highest BCUT2D eigenvalue weighted by molar-refractivity contribution is 6.06. The zero-order chi connectivity index (χ0) is 15.5. The summed E-state index contributed by atoms with van der Waals surface area (Å²) in [6, 6.07) is 31.0. The standard InChI is InChI=1S/C20H17N3/c1-4-10-17(11-5-1)20-16-22(18-12-6-2-7-13-18)23(21-20)19-14-8-3-9-15-19/h1-15H,16H2. The minimum atomic E-state index is 0.753. The Bertz CT molecular complexity index is 798. The van der Waals surface area contributed by atoms with Gasteiger partial charge in [-0.25, -0.2) is 0 Å². The smallest absolute Gasteiger partial charge is 0.0917 e. The van der Waals surface area contributed by atoms with E-state index in [0.29, 0.717) is 0 Å². The van der Waals surface area contributed by atoms with Crippen molar-refractivity contribution in [2.24, 2.45) is 5.10 Å². The van der Waals surface area contributed by atoms with Gasteiger partial charge in [0.05, 0.1) is 23.6 Å². The van der Waals surface area contributed by atoms with E-state index in [4.69, 9.17) is 5.10 Å². The first-order valence-electron chi connectivity index (χ1n) is 7.72. The lowest BCUT2D eigenvalue weighted by Crippen LogP contribution is -2.35. The monoisotopic (exact) mass is 299 g/mol. The second-order valence-electron chi connectivity index (χ2n) is 5.43. The first-order valence-corrected chi connectivity index (χ1v) is 7.72. The molecule has 23 heavy (non-hydrogen) atoms. The Morgan fingerprint density at radius 3 is 1.74 bits per heavy atom. The van der Waals surface area contributed by atoms with Crippen molar-refractivity contribution in [3.63, 3.8) is 0 Å². The molecular formula is C20H17N3. The van der Waals surface area contributed by atoms with Crippen molar-refractivity contribution in [1.29, 1.82) is 0 Å². The number of anilines is 2. The van der Waals surface area contributed by atoms with Crippen LogP contribution in [0.4, 0.5) is 11.4 Å². The van der Waals surface area contributed by atoms with Gasteiger partial charge in [-0.2, -0.15) is 10.2 Å². The summed E-state index contributed by atoms with van der Waals surface area (Å²) in [6.07, 6.45) is 0. The fraction of sp³-hybridized carbons (Fsp3) is 0.0500. The molecule has 0 saturated heterocycles. The van der Waals surface area contributed by atoms with E-state index in [-0.39, 0.29) is 0 Å². The Hall–Kier alpha value is -3.07. The van der Waals surface area contributed by atoms with E-state index in [1.165, 1.54) is 0 Å². The number of rotatable bonds is 3. The van der Waals surface area contributed by atoms with Gasteiger partial charge in [-0.15, -0.1) is 0 Å². The maximum absolute atomic E-state index is 4.86. The molecule has 3 aromatic carbocycles. The number of hydrazine groups is 1. The summed E-state index contributed by atoms with van der Waals surface area (Å²) in [5.74, 6) is 0. The van der Waals surface area contributed by atoms with E-state index in [1.807, 2.05) is 35.4 Å². The molecule has 1 heterocycles. The first kappa shape index (κ1) is 13.6. The van der Waals surface area contributed by atoms with Crippen molar-refractivity contribution in [1.82, 2.24) is 0 Å². The van der Waals surface area contributed by atoms with Crippen LogP contribution in [-0.2, 0) is 0 Å². The predicted molar refractivity (Wildman–Crippen MR) is 95.7 cm³/mol. The molecule has 1 aliphatic rings. The van der Waals surface area contributed by atoms with Crippen LogP contribution < -0.4 is 10.1 Å². The van der Waals surface area contributed by atoms with Crippen LogP contribution in [0.3, 0.4) is 0 Å². The molecule has 4 rings (SSSR count). The molecule has 3 aromatic rings. The molecule has 3 heteroatoms. The van der Waals surface area contributed by atoms with Gasteiger partial charge in [-0.3, -0.25) is 5.01 Å². The molecule has 0 spiro atoms. The molecule has 0 fully saturated rings. The van der Waals surface area contributed by atoms with Crippen molar-refractivity contribution in [2.45, 2.75) is 0 Å². The maximum atomic E-state index is 4.86. The zero-order valence-corrected chi connectivity index (χ0v) is 12.7. The van der Waals surface area contributed by atoms with Gasteiger partial charge in [0.15, 0.2) is 0 Å². The summed E-state index contributed by atoms with van der Waals surface area (Å²) in [6.45, 7) is 0.753. The van der Waals surface area contributed by atoms with Crippen molar-refractivity contribution in [2.75, 3.05) is 16.7 Å². The Kier molecular flexibility index (Phi) is 3.53. The lowest BCUT2D eigenvalue weighted by Gasteiger charge is -2.28. The molecule has 0 amide bonds. The third kappa shape index (κ3) is 2.69. The van der Waals surface area contributed by atoms with E-state index < -0.39 is 0 Å². The number of benzene rings is 3. The Labute approximate surface area is 136 Å². The van der Waals surface area contributed by atoms with Crippen LogP contribution in [0.5, 0.6) is 0 Å². The van der Waals surface area contributed by atoms with E-state index in [2.05, 4.69) is 65.7 Å². The molecule has 0 atom stereocenters. The summed E-state index contributed by atoms with van der Waals surface area (Å²) in [4.78, 5) is 0. The number of hydrogen-bond acceptors (Lipinski definition) is 3. The average molecular weight is 299 g/mol. The minimum absolute atomic E-state index is 0.753. The lowest BCUT2D eigenvalue weighted by atomic mass is 10.1. The fourth-order valence-electron chi connectivity index (χ4n) is 2.75. The normalized spacial score (nSPS) is 14.0. The predicted octanol–water partition coefficient (Wildman–Crippen LogP) is 4.33. The third-order valence-corrected chi connectivity index (χ3v) is 3.89. The number of para-hydroxylation sites is 2. The van der Waals surface area contributed by atoms with Gasteiger partial charge in [0.25, 0.3) is 0 Å². The molecule has 0 unspecified atom stereocenters. The quantitative estimate of drug-likeness (QED) is 0.716. The van der Waals surface area contributed by atoms with Gasteiger partial charge in [0.2, 0.25) is 0 Å². The summed E-state index contributed by atoms with van der Waals surface area (Å²) < 4.78 is 0. The van der Waals surface area contributed by atoms with Crippen LogP contribution in [0, 0.1) is 0 Å². The molecule has 0 aliphatic carbocycles. The van der Waals surface area contributed by atoms with E-state index in [0.717, 1.165) is 29.2 Å². The van der Waals surface area contributed by atoms with Crippen molar-refractivity contribution in [3.05, 3.63) is 96.6 Å². The van der Waals surface area contributed by atoms with Gasteiger partial charge >= 0.3 is 0 Å². The highest BCUT2D eigenvalue weighted by Gasteiger charge is 2.26. The van der Waals surface area contributed by atoms with Crippen LogP contribution in [0.25, 0.3) is 0 Å². The van der Waals surface area contributed by atoms with Crippen LogP contribution in [0.1, 0.15) is 5.56 Å². The van der Waals surface area contributed by atoms with Gasteiger partial charge < -0.3 is 0 Å². The Balaban J connectivity index is 1.75. The van der Waals surface area contributed by atoms with Crippen LogP contribution in [0.2, 0.25) is 0 Å². The van der Waals surface area contributed by atoms with Crippen LogP contribution >= 0.6 is 0 Å². The maximum Gasteiger partial charge on any atom is 0.0917 e. The first-order chi connectivity index (χ1) is 11.4. The number of nitrogens with zero attached hydrogens (tertiary/aromatic N) is 3. The minimum Gasteiger partial charge on any atom is -0.259 e. The highest BCUT2D eigenvalue weighted by Crippen LogP contribution is 2.27. The highest BCUT2D eigenvalue weighted by atomic mass is 15.8. The SMILES string of the molecule is c1ccc(C2=NN(c3ccccc3)N(c3ccccc3)C2)cc1. The summed E-state index contributed by atoms with van der Waals surface area (Å²) in [7, 11) is 0. The van der Waals surface area contributed by atoms with Crippen LogP contribution in [0.15, 0.2) is 96.1 Å². The van der Waals surface area contributed by atoms with Gasteiger partial charge in [-0.05, 0) is 29.8 Å². The van der Waals surface area contributed by atoms with Gasteiger partial charge in [0, 0.05) is 0 Å². The molecule has 0 N–H and O–H groups in total. The molecule has 0 saturated carbocycles. The molecule has 0 aromatic heterocycles. The third-order valence-electron chi connectivity index (χ3n) is 3.89. The second kappa shape index (κ2) is 5.97. The summed E-state index contributed by atoms with van der Waals surface area (Å²) >= 11 is 0. The largest absolute Gasteiger partial charge is 0.259 e. The van der Waals surface area contributed by atoms with E-state index >= 15 is 0 Å². The van der Waals surface area contributed by atoms with Crippen LogP contribution in [-0.4, -0.2) is 12.3 Å². The topological polar surface area (TPSA) is 18.8 Å². The van der Waals surface area contributed by atoms with Crippen molar-refractivity contribution in [3.8, 4) is 0 Å². The van der Waals surface area contributed by atoms with Gasteiger partial charge in [-0.1, -0.05) is 66.7 Å². The lowest BCUT2D eigenvalue weighted by molar-refractivity contribution is 0.853. The summed E-state index contributed by atoms with van der Waals surface area (Å²) in [5.41, 5.74) is 4.42. The molecule has 1 aliphatic heterocycles.